The summed E-state index contributed by atoms with van der Waals surface area (Å²) in [6.07, 6.45) is 0. The third kappa shape index (κ3) is 5.11. The number of sulfonamides is 1. The van der Waals surface area contributed by atoms with Gasteiger partial charge in [0.1, 0.15) is 5.82 Å². The van der Waals surface area contributed by atoms with E-state index in [9.17, 15) is 17.6 Å². The number of aryl methyl sites for hydroxylation is 2. The van der Waals surface area contributed by atoms with E-state index >= 15 is 0 Å². The summed E-state index contributed by atoms with van der Waals surface area (Å²) in [4.78, 5) is 12.4. The second-order valence-electron chi connectivity index (χ2n) is 6.86. The minimum absolute atomic E-state index is 0.0810. The van der Waals surface area contributed by atoms with Gasteiger partial charge in [0.25, 0.3) is 0 Å². The Balaban J connectivity index is 1.69. The summed E-state index contributed by atoms with van der Waals surface area (Å²) >= 11 is 0. The standard InChI is InChI=1S/C20H24FN3O4S/c1-14-3-5-16(11-18(14)21)22-13-20(25)23-19-12-17(6-4-15(19)2)29(26,27)24-7-9-28-10-8-24/h3-6,11-12,22H,7-10,13H2,1-2H3,(H,23,25). The maximum atomic E-state index is 13.6. The second-order valence-corrected chi connectivity index (χ2v) is 8.80. The number of carbonyl (C=O) groups is 1. The normalized spacial score (nSPS) is 15.1. The van der Waals surface area contributed by atoms with Gasteiger partial charge in [0, 0.05) is 24.5 Å². The molecule has 3 rings (SSSR count). The molecule has 1 amide bonds. The largest absolute Gasteiger partial charge is 0.379 e. The number of benzene rings is 2. The van der Waals surface area contributed by atoms with Crippen molar-refractivity contribution in [3.8, 4) is 0 Å². The number of nitrogens with one attached hydrogen (secondary N) is 2. The number of amides is 1. The number of halogens is 1. The summed E-state index contributed by atoms with van der Waals surface area (Å²) in [5.74, 6) is -0.720. The summed E-state index contributed by atoms with van der Waals surface area (Å²) in [6.45, 7) is 4.68. The first-order valence-corrected chi connectivity index (χ1v) is 10.7. The van der Waals surface area contributed by atoms with E-state index in [1.54, 1.807) is 32.0 Å². The zero-order valence-electron chi connectivity index (χ0n) is 16.4. The fourth-order valence-corrected chi connectivity index (χ4v) is 4.35. The minimum atomic E-state index is -3.66. The van der Waals surface area contributed by atoms with Crippen LogP contribution < -0.4 is 10.6 Å². The molecule has 0 spiro atoms. The molecule has 2 N–H and O–H groups in total. The maximum absolute atomic E-state index is 13.6. The van der Waals surface area contributed by atoms with Crippen LogP contribution in [0.25, 0.3) is 0 Å². The summed E-state index contributed by atoms with van der Waals surface area (Å²) in [5, 5.41) is 5.58. The van der Waals surface area contributed by atoms with E-state index in [4.69, 9.17) is 4.74 Å². The molecule has 1 saturated heterocycles. The molecule has 1 aliphatic rings. The van der Waals surface area contributed by atoms with Gasteiger partial charge in [-0.15, -0.1) is 0 Å². The van der Waals surface area contributed by atoms with Crippen molar-refractivity contribution in [3.63, 3.8) is 0 Å². The Bertz CT molecular complexity index is 1000. The van der Waals surface area contributed by atoms with Crippen molar-refractivity contribution in [2.24, 2.45) is 0 Å². The van der Waals surface area contributed by atoms with E-state index in [-0.39, 0.29) is 23.2 Å². The first-order chi connectivity index (χ1) is 13.8. The monoisotopic (exact) mass is 421 g/mol. The van der Waals surface area contributed by atoms with Gasteiger partial charge < -0.3 is 15.4 Å². The van der Waals surface area contributed by atoms with Crippen LogP contribution >= 0.6 is 0 Å². The Hall–Kier alpha value is -2.49. The number of hydrogen-bond acceptors (Lipinski definition) is 5. The van der Waals surface area contributed by atoms with Gasteiger partial charge in [-0.3, -0.25) is 4.79 Å². The summed E-state index contributed by atoms with van der Waals surface area (Å²) in [7, 11) is -3.66. The van der Waals surface area contributed by atoms with Crippen molar-refractivity contribution >= 4 is 27.3 Å². The number of rotatable bonds is 6. The lowest BCUT2D eigenvalue weighted by atomic mass is 10.2. The van der Waals surface area contributed by atoms with Gasteiger partial charge in [-0.2, -0.15) is 4.31 Å². The Kier molecular flexibility index (Phi) is 6.51. The predicted octanol–water partition coefficient (Wildman–Crippen LogP) is 2.51. The zero-order valence-corrected chi connectivity index (χ0v) is 17.2. The van der Waals surface area contributed by atoms with E-state index in [0.29, 0.717) is 43.2 Å². The van der Waals surface area contributed by atoms with E-state index in [1.165, 1.54) is 22.5 Å². The molecular formula is C20H24FN3O4S. The molecule has 0 aliphatic carbocycles. The molecule has 7 nitrogen and oxygen atoms in total. The molecule has 29 heavy (non-hydrogen) atoms. The molecule has 9 heteroatoms. The van der Waals surface area contributed by atoms with E-state index in [0.717, 1.165) is 5.56 Å². The van der Waals surface area contributed by atoms with Crippen LogP contribution in [-0.2, 0) is 19.6 Å². The summed E-state index contributed by atoms with van der Waals surface area (Å²) < 4.78 is 45.8. The van der Waals surface area contributed by atoms with Crippen LogP contribution in [0, 0.1) is 19.7 Å². The predicted molar refractivity (Wildman–Crippen MR) is 109 cm³/mol. The van der Waals surface area contributed by atoms with Gasteiger partial charge in [-0.05, 0) is 49.2 Å². The molecule has 0 bridgehead atoms. The molecular weight excluding hydrogens is 397 g/mol. The number of carbonyl (C=O) groups excluding carboxylic acids is 1. The van der Waals surface area contributed by atoms with Crippen LogP contribution in [0.2, 0.25) is 0 Å². The Morgan fingerprint density at radius 3 is 2.48 bits per heavy atom. The van der Waals surface area contributed by atoms with Gasteiger partial charge in [-0.25, -0.2) is 12.8 Å². The van der Waals surface area contributed by atoms with E-state index in [1.807, 2.05) is 0 Å². The number of anilines is 2. The lowest BCUT2D eigenvalue weighted by Crippen LogP contribution is -2.40. The Morgan fingerprint density at radius 1 is 1.10 bits per heavy atom. The van der Waals surface area contributed by atoms with Crippen LogP contribution in [0.4, 0.5) is 15.8 Å². The highest BCUT2D eigenvalue weighted by molar-refractivity contribution is 7.89. The molecule has 156 valence electrons. The quantitative estimate of drug-likeness (QED) is 0.748. The van der Waals surface area contributed by atoms with Crippen LogP contribution in [0.3, 0.4) is 0 Å². The molecule has 0 atom stereocenters. The van der Waals surface area contributed by atoms with Crippen molar-refractivity contribution in [2.75, 3.05) is 43.5 Å². The number of hydrogen-bond donors (Lipinski definition) is 2. The highest BCUT2D eigenvalue weighted by Crippen LogP contribution is 2.23. The van der Waals surface area contributed by atoms with Crippen molar-refractivity contribution in [3.05, 3.63) is 53.3 Å². The molecule has 1 fully saturated rings. The first-order valence-electron chi connectivity index (χ1n) is 9.26. The zero-order chi connectivity index (χ0) is 21.0. The first kappa shape index (κ1) is 21.2. The SMILES string of the molecule is Cc1ccc(NCC(=O)Nc2cc(S(=O)(=O)N3CCOCC3)ccc2C)cc1F. The highest BCUT2D eigenvalue weighted by atomic mass is 32.2. The van der Waals surface area contributed by atoms with Crippen molar-refractivity contribution < 1.29 is 22.3 Å². The number of nitrogens with zero attached hydrogens (tertiary/aromatic N) is 1. The van der Waals surface area contributed by atoms with E-state index in [2.05, 4.69) is 10.6 Å². The fourth-order valence-electron chi connectivity index (χ4n) is 2.91. The van der Waals surface area contributed by atoms with Crippen molar-refractivity contribution in [1.82, 2.24) is 4.31 Å². The van der Waals surface area contributed by atoms with Gasteiger partial charge in [-0.1, -0.05) is 12.1 Å². The van der Waals surface area contributed by atoms with Gasteiger partial charge in [0.2, 0.25) is 15.9 Å². The van der Waals surface area contributed by atoms with Crippen molar-refractivity contribution in [2.45, 2.75) is 18.7 Å². The molecule has 2 aromatic carbocycles. The smallest absolute Gasteiger partial charge is 0.243 e. The number of ether oxygens (including phenoxy) is 1. The van der Waals surface area contributed by atoms with Gasteiger partial charge in [0.15, 0.2) is 0 Å². The molecule has 0 aromatic heterocycles. The summed E-state index contributed by atoms with van der Waals surface area (Å²) in [5.41, 5.74) is 2.17. The van der Waals surface area contributed by atoms with Crippen LogP contribution in [-0.4, -0.2) is 51.5 Å². The second kappa shape index (κ2) is 8.89. The van der Waals surface area contributed by atoms with E-state index < -0.39 is 10.0 Å². The Morgan fingerprint density at radius 2 is 1.79 bits per heavy atom. The number of morpholine rings is 1. The minimum Gasteiger partial charge on any atom is -0.379 e. The molecule has 0 unspecified atom stereocenters. The third-order valence-electron chi connectivity index (χ3n) is 4.72. The third-order valence-corrected chi connectivity index (χ3v) is 6.61. The Labute approximate surface area is 169 Å². The highest BCUT2D eigenvalue weighted by Gasteiger charge is 2.26. The molecule has 0 saturated carbocycles. The topological polar surface area (TPSA) is 87.7 Å². The average molecular weight is 421 g/mol. The fraction of sp³-hybridized carbons (Fsp3) is 0.350. The van der Waals surface area contributed by atoms with Crippen molar-refractivity contribution in [1.29, 1.82) is 0 Å². The van der Waals surface area contributed by atoms with Gasteiger partial charge >= 0.3 is 0 Å². The average Bonchev–Trinajstić information content (AvgIpc) is 2.71. The van der Waals surface area contributed by atoms with Gasteiger partial charge in [0.05, 0.1) is 24.7 Å². The molecule has 1 aliphatic heterocycles. The molecule has 2 aromatic rings. The molecule has 1 heterocycles. The lowest BCUT2D eigenvalue weighted by molar-refractivity contribution is -0.114. The van der Waals surface area contributed by atoms with Crippen LogP contribution in [0.5, 0.6) is 0 Å². The lowest BCUT2D eigenvalue weighted by Gasteiger charge is -2.26. The van der Waals surface area contributed by atoms with Crippen LogP contribution in [0.1, 0.15) is 11.1 Å². The maximum Gasteiger partial charge on any atom is 0.243 e. The van der Waals surface area contributed by atoms with Crippen LogP contribution in [0.15, 0.2) is 41.3 Å². The summed E-state index contributed by atoms with van der Waals surface area (Å²) in [6, 6.07) is 9.29. The molecule has 0 radical (unpaired) electrons.